The SMILES string of the molecule is CCC(=O)NCC(C)C1CC1. The van der Waals surface area contributed by atoms with E-state index in [9.17, 15) is 4.79 Å². The van der Waals surface area contributed by atoms with Crippen LogP contribution in [0.25, 0.3) is 0 Å². The van der Waals surface area contributed by atoms with Crippen LogP contribution in [-0.2, 0) is 4.79 Å². The molecular formula is C9H17NO. The Morgan fingerprint density at radius 1 is 1.64 bits per heavy atom. The summed E-state index contributed by atoms with van der Waals surface area (Å²) in [6.45, 7) is 4.97. The lowest BCUT2D eigenvalue weighted by molar-refractivity contribution is -0.120. The minimum Gasteiger partial charge on any atom is -0.356 e. The third-order valence-electron chi connectivity index (χ3n) is 2.37. The first-order valence-corrected chi connectivity index (χ1v) is 4.50. The molecule has 1 N–H and O–H groups in total. The third-order valence-corrected chi connectivity index (χ3v) is 2.37. The van der Waals surface area contributed by atoms with E-state index in [4.69, 9.17) is 0 Å². The van der Waals surface area contributed by atoms with Gasteiger partial charge in [-0.3, -0.25) is 4.79 Å². The van der Waals surface area contributed by atoms with E-state index in [-0.39, 0.29) is 5.91 Å². The van der Waals surface area contributed by atoms with Crippen LogP contribution in [0.4, 0.5) is 0 Å². The molecule has 0 aromatic rings. The van der Waals surface area contributed by atoms with Gasteiger partial charge in [-0.25, -0.2) is 0 Å². The minimum absolute atomic E-state index is 0.178. The van der Waals surface area contributed by atoms with Crippen molar-refractivity contribution in [1.82, 2.24) is 5.32 Å². The first kappa shape index (κ1) is 8.57. The Balaban J connectivity index is 2.05. The van der Waals surface area contributed by atoms with Crippen molar-refractivity contribution in [1.29, 1.82) is 0 Å². The molecular weight excluding hydrogens is 138 g/mol. The Morgan fingerprint density at radius 2 is 2.27 bits per heavy atom. The van der Waals surface area contributed by atoms with Gasteiger partial charge in [-0.05, 0) is 24.7 Å². The van der Waals surface area contributed by atoms with E-state index >= 15 is 0 Å². The second-order valence-electron chi connectivity index (χ2n) is 3.47. The Kier molecular flexibility index (Phi) is 2.92. The molecule has 11 heavy (non-hydrogen) atoms. The van der Waals surface area contributed by atoms with Gasteiger partial charge >= 0.3 is 0 Å². The smallest absolute Gasteiger partial charge is 0.219 e. The predicted molar refractivity (Wildman–Crippen MR) is 45.2 cm³/mol. The lowest BCUT2D eigenvalue weighted by Crippen LogP contribution is -2.28. The molecule has 0 bridgehead atoms. The largest absolute Gasteiger partial charge is 0.356 e. The van der Waals surface area contributed by atoms with E-state index in [1.54, 1.807) is 0 Å². The fourth-order valence-electron chi connectivity index (χ4n) is 1.23. The van der Waals surface area contributed by atoms with Crippen molar-refractivity contribution in [2.45, 2.75) is 33.1 Å². The molecule has 1 saturated carbocycles. The fourth-order valence-corrected chi connectivity index (χ4v) is 1.23. The summed E-state index contributed by atoms with van der Waals surface area (Å²) in [6.07, 6.45) is 3.34. The van der Waals surface area contributed by atoms with Crippen LogP contribution in [0.5, 0.6) is 0 Å². The van der Waals surface area contributed by atoms with Gasteiger partial charge < -0.3 is 5.32 Å². The molecule has 1 unspecified atom stereocenters. The van der Waals surface area contributed by atoms with Gasteiger partial charge in [0.05, 0.1) is 0 Å². The summed E-state index contributed by atoms with van der Waals surface area (Å²) in [5.74, 6) is 1.76. The molecule has 1 fully saturated rings. The predicted octanol–water partition coefficient (Wildman–Crippen LogP) is 1.56. The molecule has 2 heteroatoms. The summed E-state index contributed by atoms with van der Waals surface area (Å²) in [5.41, 5.74) is 0. The second kappa shape index (κ2) is 3.74. The molecule has 0 radical (unpaired) electrons. The van der Waals surface area contributed by atoms with Crippen molar-refractivity contribution in [2.75, 3.05) is 6.54 Å². The van der Waals surface area contributed by atoms with Crippen molar-refractivity contribution in [3.63, 3.8) is 0 Å². The number of carbonyl (C=O) groups excluding carboxylic acids is 1. The first-order chi connectivity index (χ1) is 5.24. The molecule has 1 atom stereocenters. The molecule has 0 aromatic carbocycles. The van der Waals surface area contributed by atoms with Crippen LogP contribution in [0.3, 0.4) is 0 Å². The summed E-state index contributed by atoms with van der Waals surface area (Å²) < 4.78 is 0. The van der Waals surface area contributed by atoms with Crippen LogP contribution in [0.1, 0.15) is 33.1 Å². The maximum atomic E-state index is 10.8. The summed E-state index contributed by atoms with van der Waals surface area (Å²) in [5, 5.41) is 2.91. The Bertz CT molecular complexity index is 140. The van der Waals surface area contributed by atoms with Crippen LogP contribution >= 0.6 is 0 Å². The van der Waals surface area contributed by atoms with E-state index in [2.05, 4.69) is 12.2 Å². The number of hydrogen-bond donors (Lipinski definition) is 1. The van der Waals surface area contributed by atoms with Gasteiger partial charge in [-0.1, -0.05) is 13.8 Å². The Morgan fingerprint density at radius 3 is 2.73 bits per heavy atom. The molecule has 1 rings (SSSR count). The average molecular weight is 155 g/mol. The highest BCUT2D eigenvalue weighted by molar-refractivity contribution is 5.75. The molecule has 0 aliphatic heterocycles. The average Bonchev–Trinajstić information content (AvgIpc) is 2.81. The molecule has 0 heterocycles. The number of rotatable bonds is 4. The molecule has 0 saturated heterocycles. The monoisotopic (exact) mass is 155 g/mol. The number of nitrogens with one attached hydrogen (secondary N) is 1. The van der Waals surface area contributed by atoms with Crippen LogP contribution in [0.15, 0.2) is 0 Å². The number of hydrogen-bond acceptors (Lipinski definition) is 1. The zero-order valence-corrected chi connectivity index (χ0v) is 7.39. The summed E-state index contributed by atoms with van der Waals surface area (Å²) >= 11 is 0. The van der Waals surface area contributed by atoms with Gasteiger partial charge in [-0.2, -0.15) is 0 Å². The highest BCUT2D eigenvalue weighted by Gasteiger charge is 2.27. The van der Waals surface area contributed by atoms with Gasteiger partial charge in [0.15, 0.2) is 0 Å². The topological polar surface area (TPSA) is 29.1 Å². The van der Waals surface area contributed by atoms with Gasteiger partial charge in [0, 0.05) is 13.0 Å². The molecule has 0 spiro atoms. The van der Waals surface area contributed by atoms with Gasteiger partial charge in [0.2, 0.25) is 5.91 Å². The third kappa shape index (κ3) is 2.91. The Labute approximate surface area is 68.4 Å². The molecule has 2 nitrogen and oxygen atoms in total. The van der Waals surface area contributed by atoms with Crippen molar-refractivity contribution in [3.05, 3.63) is 0 Å². The molecule has 1 amide bonds. The fraction of sp³-hybridized carbons (Fsp3) is 0.889. The molecule has 1 aliphatic carbocycles. The van der Waals surface area contributed by atoms with Crippen molar-refractivity contribution < 1.29 is 4.79 Å². The van der Waals surface area contributed by atoms with Gasteiger partial charge in [0.25, 0.3) is 0 Å². The summed E-state index contributed by atoms with van der Waals surface area (Å²) in [4.78, 5) is 10.8. The number of amides is 1. The zero-order valence-electron chi connectivity index (χ0n) is 7.39. The van der Waals surface area contributed by atoms with E-state index < -0.39 is 0 Å². The van der Waals surface area contributed by atoms with Crippen molar-refractivity contribution in [2.24, 2.45) is 11.8 Å². The standard InChI is InChI=1S/C9H17NO/c1-3-9(11)10-6-7(2)8-4-5-8/h7-8H,3-6H2,1-2H3,(H,10,11). The van der Waals surface area contributed by atoms with Crippen LogP contribution in [0, 0.1) is 11.8 Å². The molecule has 1 aliphatic rings. The van der Waals surface area contributed by atoms with Crippen molar-refractivity contribution in [3.8, 4) is 0 Å². The maximum Gasteiger partial charge on any atom is 0.219 e. The highest BCUT2D eigenvalue weighted by atomic mass is 16.1. The summed E-state index contributed by atoms with van der Waals surface area (Å²) in [6, 6.07) is 0. The van der Waals surface area contributed by atoms with Gasteiger partial charge in [0.1, 0.15) is 0 Å². The quantitative estimate of drug-likeness (QED) is 0.656. The molecule has 64 valence electrons. The van der Waals surface area contributed by atoms with E-state index in [0.717, 1.165) is 12.5 Å². The van der Waals surface area contributed by atoms with Gasteiger partial charge in [-0.15, -0.1) is 0 Å². The Hall–Kier alpha value is -0.530. The van der Waals surface area contributed by atoms with E-state index in [1.807, 2.05) is 6.92 Å². The normalized spacial score (nSPS) is 19.5. The zero-order chi connectivity index (χ0) is 8.27. The second-order valence-corrected chi connectivity index (χ2v) is 3.47. The molecule has 0 aromatic heterocycles. The van der Waals surface area contributed by atoms with Crippen LogP contribution in [0.2, 0.25) is 0 Å². The minimum atomic E-state index is 0.178. The van der Waals surface area contributed by atoms with E-state index in [1.165, 1.54) is 12.8 Å². The lowest BCUT2D eigenvalue weighted by atomic mass is 10.1. The highest BCUT2D eigenvalue weighted by Crippen LogP contribution is 2.35. The summed E-state index contributed by atoms with van der Waals surface area (Å²) in [7, 11) is 0. The number of carbonyl (C=O) groups is 1. The lowest BCUT2D eigenvalue weighted by Gasteiger charge is -2.09. The van der Waals surface area contributed by atoms with Crippen LogP contribution in [-0.4, -0.2) is 12.5 Å². The van der Waals surface area contributed by atoms with Crippen LogP contribution < -0.4 is 5.32 Å². The maximum absolute atomic E-state index is 10.8. The first-order valence-electron chi connectivity index (χ1n) is 4.50. The van der Waals surface area contributed by atoms with Crippen molar-refractivity contribution >= 4 is 5.91 Å². The van der Waals surface area contributed by atoms with E-state index in [0.29, 0.717) is 12.3 Å².